The molecule has 1 heterocycles. The summed E-state index contributed by atoms with van der Waals surface area (Å²) in [5.74, 6) is 1.22. The van der Waals surface area contributed by atoms with Gasteiger partial charge in [-0.1, -0.05) is 19.0 Å². The molecule has 0 bridgehead atoms. The van der Waals surface area contributed by atoms with Crippen molar-refractivity contribution in [2.75, 3.05) is 7.11 Å². The van der Waals surface area contributed by atoms with Crippen LogP contribution in [0.5, 0.6) is 0 Å². The third-order valence-electron chi connectivity index (χ3n) is 3.28. The summed E-state index contributed by atoms with van der Waals surface area (Å²) in [5, 5.41) is 7.29. The monoisotopic (exact) mass is 241 g/mol. The average Bonchev–Trinajstić information content (AvgIpc) is 2.84. The van der Waals surface area contributed by atoms with Crippen LogP contribution in [-0.4, -0.2) is 23.3 Å². The molecule has 1 N–H and O–H groups in total. The van der Waals surface area contributed by atoms with E-state index in [1.807, 2.05) is 13.8 Å². The lowest BCUT2D eigenvalue weighted by Crippen LogP contribution is -2.26. The minimum atomic E-state index is -0.460. The molecule has 1 aromatic rings. The second kappa shape index (κ2) is 6.12. The minimum absolute atomic E-state index is 0.449. The normalized spacial score (nSPS) is 16.8. The van der Waals surface area contributed by atoms with Crippen molar-refractivity contribution < 1.29 is 9.26 Å². The number of methoxy groups -OCH3 is 1. The smallest absolute Gasteiger partial charge is 0.240 e. The first kappa shape index (κ1) is 14.1. The van der Waals surface area contributed by atoms with Gasteiger partial charge in [0.25, 0.3) is 0 Å². The molecule has 0 amide bonds. The van der Waals surface area contributed by atoms with E-state index in [-0.39, 0.29) is 0 Å². The van der Waals surface area contributed by atoms with E-state index in [1.165, 1.54) is 0 Å². The van der Waals surface area contributed by atoms with Gasteiger partial charge in [0.05, 0.1) is 6.54 Å². The van der Waals surface area contributed by atoms with Crippen molar-refractivity contribution in [2.45, 2.75) is 58.7 Å². The molecular weight excluding hydrogens is 218 g/mol. The van der Waals surface area contributed by atoms with Gasteiger partial charge in [0.15, 0.2) is 0 Å². The zero-order valence-electron chi connectivity index (χ0n) is 11.4. The minimum Gasteiger partial charge on any atom is -0.370 e. The van der Waals surface area contributed by atoms with Gasteiger partial charge in [-0.15, -0.1) is 0 Å². The number of hydrogen-bond donors (Lipinski definition) is 1. The second-order valence-electron chi connectivity index (χ2n) is 4.49. The van der Waals surface area contributed by atoms with Gasteiger partial charge in [0.2, 0.25) is 11.7 Å². The number of rotatable bonds is 7. The molecule has 0 saturated heterocycles. The van der Waals surface area contributed by atoms with E-state index in [9.17, 15) is 0 Å². The first-order valence-electron chi connectivity index (χ1n) is 6.17. The lowest BCUT2D eigenvalue weighted by molar-refractivity contribution is -0.0106. The van der Waals surface area contributed by atoms with Gasteiger partial charge in [0.1, 0.15) is 5.60 Å². The van der Waals surface area contributed by atoms with Crippen molar-refractivity contribution in [3.8, 4) is 0 Å². The summed E-state index contributed by atoms with van der Waals surface area (Å²) in [7, 11) is 1.66. The highest BCUT2D eigenvalue weighted by atomic mass is 16.5. The van der Waals surface area contributed by atoms with Gasteiger partial charge in [-0.05, 0) is 26.7 Å². The molecule has 17 heavy (non-hydrogen) atoms. The lowest BCUT2D eigenvalue weighted by atomic mass is 10.0. The molecule has 0 spiro atoms. The largest absolute Gasteiger partial charge is 0.370 e. The van der Waals surface area contributed by atoms with E-state index in [4.69, 9.17) is 9.26 Å². The van der Waals surface area contributed by atoms with Gasteiger partial charge in [-0.2, -0.15) is 4.98 Å². The van der Waals surface area contributed by atoms with Crippen LogP contribution >= 0.6 is 0 Å². The Morgan fingerprint density at radius 3 is 2.71 bits per heavy atom. The molecule has 5 heteroatoms. The Labute approximate surface area is 103 Å². The molecule has 1 rings (SSSR count). The Morgan fingerprint density at radius 1 is 1.47 bits per heavy atom. The molecular formula is C12H23N3O2. The average molecular weight is 241 g/mol. The van der Waals surface area contributed by atoms with Crippen molar-refractivity contribution >= 4 is 0 Å². The Balaban J connectivity index is 2.65. The van der Waals surface area contributed by atoms with Crippen LogP contribution in [0.1, 0.15) is 52.3 Å². The first-order valence-corrected chi connectivity index (χ1v) is 6.17. The van der Waals surface area contributed by atoms with Crippen LogP contribution in [-0.2, 0) is 16.9 Å². The van der Waals surface area contributed by atoms with Crippen LogP contribution in [0, 0.1) is 0 Å². The molecule has 0 aliphatic carbocycles. The van der Waals surface area contributed by atoms with E-state index < -0.39 is 5.60 Å². The van der Waals surface area contributed by atoms with Crippen molar-refractivity contribution in [1.29, 1.82) is 0 Å². The summed E-state index contributed by atoms with van der Waals surface area (Å²) in [6, 6.07) is 0.449. The Morgan fingerprint density at radius 2 is 2.18 bits per heavy atom. The van der Waals surface area contributed by atoms with Crippen molar-refractivity contribution in [1.82, 2.24) is 15.5 Å². The molecule has 0 aromatic carbocycles. The number of aromatic nitrogens is 2. The van der Waals surface area contributed by atoms with E-state index >= 15 is 0 Å². The summed E-state index contributed by atoms with van der Waals surface area (Å²) in [4.78, 5) is 4.36. The van der Waals surface area contributed by atoms with Crippen LogP contribution in [0.2, 0.25) is 0 Å². The van der Waals surface area contributed by atoms with Crippen molar-refractivity contribution in [3.63, 3.8) is 0 Å². The van der Waals surface area contributed by atoms with Crippen LogP contribution in [0.15, 0.2) is 4.52 Å². The van der Waals surface area contributed by atoms with Crippen LogP contribution in [0.3, 0.4) is 0 Å². The highest BCUT2D eigenvalue weighted by Crippen LogP contribution is 2.25. The third-order valence-corrected chi connectivity index (χ3v) is 3.28. The number of nitrogens with zero attached hydrogens (tertiary/aromatic N) is 2. The Kier molecular flexibility index (Phi) is 5.08. The molecule has 0 radical (unpaired) electrons. The quantitative estimate of drug-likeness (QED) is 0.793. The Hall–Kier alpha value is -0.940. The Bertz CT molecular complexity index is 334. The molecule has 0 aliphatic rings. The van der Waals surface area contributed by atoms with Gasteiger partial charge >= 0.3 is 0 Å². The zero-order valence-corrected chi connectivity index (χ0v) is 11.4. The van der Waals surface area contributed by atoms with Crippen molar-refractivity contribution in [2.24, 2.45) is 0 Å². The second-order valence-corrected chi connectivity index (χ2v) is 4.49. The predicted molar refractivity (Wildman–Crippen MR) is 65.5 cm³/mol. The topological polar surface area (TPSA) is 60.2 Å². The van der Waals surface area contributed by atoms with Gasteiger partial charge in [0, 0.05) is 13.2 Å². The highest BCUT2D eigenvalue weighted by molar-refractivity contribution is 4.98. The predicted octanol–water partition coefficient (Wildman–Crippen LogP) is 2.23. The maximum atomic E-state index is 5.43. The van der Waals surface area contributed by atoms with Crippen LogP contribution in [0.4, 0.5) is 0 Å². The number of ether oxygens (including phenoxy) is 1. The van der Waals surface area contributed by atoms with Crippen LogP contribution in [0.25, 0.3) is 0 Å². The highest BCUT2D eigenvalue weighted by Gasteiger charge is 2.29. The maximum absolute atomic E-state index is 5.43. The molecule has 98 valence electrons. The van der Waals surface area contributed by atoms with E-state index in [0.29, 0.717) is 24.3 Å². The molecule has 0 saturated carbocycles. The zero-order chi connectivity index (χ0) is 12.9. The number of hydrogen-bond acceptors (Lipinski definition) is 5. The summed E-state index contributed by atoms with van der Waals surface area (Å²) < 4.78 is 10.6. The molecule has 0 fully saturated rings. The summed E-state index contributed by atoms with van der Waals surface area (Å²) in [6.45, 7) is 8.87. The third kappa shape index (κ3) is 3.51. The van der Waals surface area contributed by atoms with E-state index in [2.05, 4.69) is 29.3 Å². The SMILES string of the molecule is CCC(C)NCc1nc(C(C)(CC)OC)no1. The van der Waals surface area contributed by atoms with Crippen molar-refractivity contribution in [3.05, 3.63) is 11.7 Å². The fourth-order valence-electron chi connectivity index (χ4n) is 1.34. The first-order chi connectivity index (χ1) is 8.05. The fourth-order valence-corrected chi connectivity index (χ4v) is 1.34. The standard InChI is InChI=1S/C12H23N3O2/c1-6-9(3)13-8-10-14-11(15-17-10)12(4,7-2)16-5/h9,13H,6-8H2,1-5H3. The molecule has 0 aliphatic heterocycles. The summed E-state index contributed by atoms with van der Waals surface area (Å²) >= 11 is 0. The molecule has 2 unspecified atom stereocenters. The van der Waals surface area contributed by atoms with Gasteiger partial charge in [-0.25, -0.2) is 0 Å². The van der Waals surface area contributed by atoms with Gasteiger partial charge < -0.3 is 14.6 Å². The van der Waals surface area contributed by atoms with Crippen LogP contribution < -0.4 is 5.32 Å². The van der Waals surface area contributed by atoms with Gasteiger partial charge in [-0.3, -0.25) is 0 Å². The lowest BCUT2D eigenvalue weighted by Gasteiger charge is -2.21. The summed E-state index contributed by atoms with van der Waals surface area (Å²) in [5.41, 5.74) is -0.460. The molecule has 2 atom stereocenters. The summed E-state index contributed by atoms with van der Waals surface area (Å²) in [6.07, 6.45) is 1.88. The number of nitrogens with one attached hydrogen (secondary N) is 1. The van der Waals surface area contributed by atoms with E-state index in [1.54, 1.807) is 7.11 Å². The fraction of sp³-hybridized carbons (Fsp3) is 0.833. The van der Waals surface area contributed by atoms with E-state index in [0.717, 1.165) is 12.8 Å². The molecule has 5 nitrogen and oxygen atoms in total. The molecule has 1 aromatic heterocycles. The maximum Gasteiger partial charge on any atom is 0.240 e.